The van der Waals surface area contributed by atoms with Gasteiger partial charge in [-0.2, -0.15) is 0 Å². The summed E-state index contributed by atoms with van der Waals surface area (Å²) in [5, 5.41) is 19.2. The molecule has 0 aromatic carbocycles. The molecule has 0 saturated carbocycles. The Hall–Kier alpha value is -0.900. The Morgan fingerprint density at radius 1 is 1.31 bits per heavy atom. The van der Waals surface area contributed by atoms with Crippen LogP contribution >= 0.6 is 11.3 Å². The van der Waals surface area contributed by atoms with E-state index in [0.29, 0.717) is 6.04 Å². The maximum atomic E-state index is 9.73. The van der Waals surface area contributed by atoms with Crippen LogP contribution in [-0.2, 0) is 6.54 Å². The molecular weight excluding hydrogens is 344 g/mol. The molecule has 1 unspecified atom stereocenters. The van der Waals surface area contributed by atoms with Crippen molar-refractivity contribution >= 4 is 11.3 Å². The maximum Gasteiger partial charge on any atom is 0.120 e. The van der Waals surface area contributed by atoms with Crippen LogP contribution in [0.25, 0.3) is 0 Å². The van der Waals surface area contributed by atoms with Crippen molar-refractivity contribution in [3.8, 4) is 11.8 Å². The Morgan fingerprint density at radius 3 is 2.73 bits per heavy atom. The summed E-state index contributed by atoms with van der Waals surface area (Å²) < 4.78 is 0. The molecule has 0 radical (unpaired) electrons. The molecule has 26 heavy (non-hydrogen) atoms. The standard InChI is InChI=1S/C21H34N2O2S/c1-17(2)8-11-23-13-12-22(15-18(23)9-14-24)16-20-6-5-19(26-20)7-10-21(3,4)25/h5-6,17-18,24-25H,8-9,11-16H2,1-4H3. The van der Waals surface area contributed by atoms with E-state index in [1.807, 2.05) is 6.07 Å². The topological polar surface area (TPSA) is 46.9 Å². The van der Waals surface area contributed by atoms with Gasteiger partial charge in [0.25, 0.3) is 0 Å². The molecule has 0 amide bonds. The van der Waals surface area contributed by atoms with Crippen LogP contribution in [0.5, 0.6) is 0 Å². The number of aliphatic hydroxyl groups is 2. The second-order valence-electron chi connectivity index (χ2n) is 8.19. The first-order valence-electron chi connectivity index (χ1n) is 9.68. The minimum Gasteiger partial charge on any atom is -0.396 e. The van der Waals surface area contributed by atoms with E-state index >= 15 is 0 Å². The summed E-state index contributed by atoms with van der Waals surface area (Å²) in [6.45, 7) is 13.4. The second-order valence-corrected chi connectivity index (χ2v) is 9.36. The van der Waals surface area contributed by atoms with Crippen molar-refractivity contribution in [1.29, 1.82) is 0 Å². The SMILES string of the molecule is CC(C)CCN1CCN(Cc2ccc(C#CC(C)(C)O)s2)CC1CCO. The summed E-state index contributed by atoms with van der Waals surface area (Å²) in [4.78, 5) is 7.36. The molecule has 1 atom stereocenters. The Labute approximate surface area is 162 Å². The molecule has 0 aliphatic carbocycles. The quantitative estimate of drug-likeness (QED) is 0.716. The summed E-state index contributed by atoms with van der Waals surface area (Å²) in [5.41, 5.74) is -0.950. The van der Waals surface area contributed by atoms with Gasteiger partial charge in [0.05, 0.1) is 4.88 Å². The van der Waals surface area contributed by atoms with Gasteiger partial charge in [-0.15, -0.1) is 11.3 Å². The van der Waals surface area contributed by atoms with Crippen LogP contribution < -0.4 is 0 Å². The van der Waals surface area contributed by atoms with E-state index in [1.54, 1.807) is 25.2 Å². The van der Waals surface area contributed by atoms with Crippen LogP contribution in [0.1, 0.15) is 50.3 Å². The highest BCUT2D eigenvalue weighted by Gasteiger charge is 2.26. The number of hydrogen-bond donors (Lipinski definition) is 2. The number of aliphatic hydroxyl groups excluding tert-OH is 1. The van der Waals surface area contributed by atoms with E-state index in [9.17, 15) is 10.2 Å². The van der Waals surface area contributed by atoms with E-state index in [-0.39, 0.29) is 6.61 Å². The molecule has 2 N–H and O–H groups in total. The highest BCUT2D eigenvalue weighted by Crippen LogP contribution is 2.21. The van der Waals surface area contributed by atoms with E-state index in [4.69, 9.17) is 0 Å². The third kappa shape index (κ3) is 7.38. The van der Waals surface area contributed by atoms with Gasteiger partial charge in [0.2, 0.25) is 0 Å². The Bertz CT molecular complexity index is 610. The number of piperazine rings is 1. The summed E-state index contributed by atoms with van der Waals surface area (Å²) in [6.07, 6.45) is 2.07. The Morgan fingerprint density at radius 2 is 2.08 bits per heavy atom. The number of rotatable bonds is 7. The highest BCUT2D eigenvalue weighted by atomic mass is 32.1. The van der Waals surface area contributed by atoms with E-state index in [1.165, 1.54) is 11.3 Å². The van der Waals surface area contributed by atoms with E-state index in [0.717, 1.165) is 49.9 Å². The maximum absolute atomic E-state index is 9.73. The molecule has 1 aliphatic heterocycles. The fraction of sp³-hybridized carbons (Fsp3) is 0.714. The van der Waals surface area contributed by atoms with Crippen LogP contribution in [0, 0.1) is 17.8 Å². The Kier molecular flexibility index (Phi) is 8.12. The molecule has 146 valence electrons. The highest BCUT2D eigenvalue weighted by molar-refractivity contribution is 7.12. The molecular formula is C21H34N2O2S. The normalized spacial score (nSPS) is 19.6. The van der Waals surface area contributed by atoms with Crippen molar-refractivity contribution in [1.82, 2.24) is 9.80 Å². The van der Waals surface area contributed by atoms with Gasteiger partial charge in [0, 0.05) is 43.7 Å². The Balaban J connectivity index is 1.92. The average molecular weight is 379 g/mol. The molecule has 1 aromatic rings. The largest absolute Gasteiger partial charge is 0.396 e. The van der Waals surface area contributed by atoms with Crippen LogP contribution in [0.15, 0.2) is 12.1 Å². The predicted molar refractivity (Wildman–Crippen MR) is 109 cm³/mol. The average Bonchev–Trinajstić information content (AvgIpc) is 2.99. The lowest BCUT2D eigenvalue weighted by atomic mass is 10.1. The number of thiophene rings is 1. The monoisotopic (exact) mass is 378 g/mol. The molecule has 1 aliphatic rings. The number of nitrogens with zero attached hydrogens (tertiary/aromatic N) is 2. The summed E-state index contributed by atoms with van der Waals surface area (Å²) >= 11 is 1.71. The lowest BCUT2D eigenvalue weighted by Gasteiger charge is -2.41. The zero-order chi connectivity index (χ0) is 19.2. The fourth-order valence-corrected chi connectivity index (χ4v) is 4.11. The first-order chi connectivity index (χ1) is 12.3. The van der Waals surface area contributed by atoms with Gasteiger partial charge in [-0.25, -0.2) is 0 Å². The van der Waals surface area contributed by atoms with Crippen LogP contribution in [0.4, 0.5) is 0 Å². The van der Waals surface area contributed by atoms with Crippen LogP contribution in [0.2, 0.25) is 0 Å². The molecule has 5 heteroatoms. The third-order valence-corrected chi connectivity index (χ3v) is 5.66. The lowest BCUT2D eigenvalue weighted by Crippen LogP contribution is -2.53. The third-order valence-electron chi connectivity index (χ3n) is 4.68. The van der Waals surface area contributed by atoms with Crippen molar-refractivity contribution in [3.05, 3.63) is 21.9 Å². The minimum atomic E-state index is -0.950. The number of hydrogen-bond acceptors (Lipinski definition) is 5. The van der Waals surface area contributed by atoms with E-state index in [2.05, 4.69) is 41.6 Å². The fourth-order valence-electron chi connectivity index (χ4n) is 3.21. The van der Waals surface area contributed by atoms with Gasteiger partial charge in [-0.05, 0) is 51.3 Å². The van der Waals surface area contributed by atoms with Crippen molar-refractivity contribution in [2.24, 2.45) is 5.92 Å². The van der Waals surface area contributed by atoms with Crippen molar-refractivity contribution < 1.29 is 10.2 Å². The second kappa shape index (κ2) is 9.87. The molecule has 2 rings (SSSR count). The summed E-state index contributed by atoms with van der Waals surface area (Å²) in [7, 11) is 0. The van der Waals surface area contributed by atoms with E-state index < -0.39 is 5.60 Å². The molecule has 4 nitrogen and oxygen atoms in total. The van der Waals surface area contributed by atoms with Crippen molar-refractivity contribution in [2.45, 2.75) is 58.7 Å². The predicted octanol–water partition coefficient (Wildman–Crippen LogP) is 2.79. The van der Waals surface area contributed by atoms with Gasteiger partial charge < -0.3 is 10.2 Å². The molecule has 0 bridgehead atoms. The molecule has 1 aromatic heterocycles. The molecule has 0 spiro atoms. The van der Waals surface area contributed by atoms with Crippen LogP contribution in [-0.4, -0.2) is 64.4 Å². The zero-order valence-electron chi connectivity index (χ0n) is 16.7. The van der Waals surface area contributed by atoms with Crippen molar-refractivity contribution in [2.75, 3.05) is 32.8 Å². The molecule has 2 heterocycles. The smallest absolute Gasteiger partial charge is 0.120 e. The van der Waals surface area contributed by atoms with Gasteiger partial charge in [0.1, 0.15) is 5.60 Å². The van der Waals surface area contributed by atoms with Crippen molar-refractivity contribution in [3.63, 3.8) is 0 Å². The lowest BCUT2D eigenvalue weighted by molar-refractivity contribution is 0.0529. The summed E-state index contributed by atoms with van der Waals surface area (Å²) in [5.74, 6) is 6.66. The first kappa shape index (κ1) is 21.4. The summed E-state index contributed by atoms with van der Waals surface area (Å²) in [6, 6.07) is 4.63. The van der Waals surface area contributed by atoms with Crippen LogP contribution in [0.3, 0.4) is 0 Å². The van der Waals surface area contributed by atoms with Gasteiger partial charge in [0.15, 0.2) is 0 Å². The first-order valence-corrected chi connectivity index (χ1v) is 10.5. The van der Waals surface area contributed by atoms with Gasteiger partial charge in [-0.1, -0.05) is 25.7 Å². The van der Waals surface area contributed by atoms with Gasteiger partial charge in [-0.3, -0.25) is 9.80 Å². The zero-order valence-corrected chi connectivity index (χ0v) is 17.5. The minimum absolute atomic E-state index is 0.256. The molecule has 1 fully saturated rings. The van der Waals surface area contributed by atoms with Gasteiger partial charge >= 0.3 is 0 Å². The molecule has 1 saturated heterocycles.